The summed E-state index contributed by atoms with van der Waals surface area (Å²) in [5.74, 6) is -0.341. The molecule has 0 radical (unpaired) electrons. The SMILES string of the molecule is Cc1ccc(NCC(=O)OC(C)(C)C)c(C#N)c1. The maximum Gasteiger partial charge on any atom is 0.325 e. The number of rotatable bonds is 3. The molecule has 18 heavy (non-hydrogen) atoms. The molecule has 0 bridgehead atoms. The van der Waals surface area contributed by atoms with Crippen LogP contribution in [0.15, 0.2) is 18.2 Å². The Labute approximate surface area is 108 Å². The Morgan fingerprint density at radius 3 is 2.67 bits per heavy atom. The van der Waals surface area contributed by atoms with E-state index in [0.29, 0.717) is 11.3 Å². The molecule has 96 valence electrons. The highest BCUT2D eigenvalue weighted by molar-refractivity contribution is 5.76. The molecule has 1 aromatic carbocycles. The highest BCUT2D eigenvalue weighted by Gasteiger charge is 2.16. The summed E-state index contributed by atoms with van der Waals surface area (Å²) in [7, 11) is 0. The van der Waals surface area contributed by atoms with Gasteiger partial charge < -0.3 is 10.1 Å². The first-order valence-electron chi connectivity index (χ1n) is 5.78. The van der Waals surface area contributed by atoms with Crippen molar-refractivity contribution >= 4 is 11.7 Å². The molecule has 0 fully saturated rings. The van der Waals surface area contributed by atoms with Crippen LogP contribution in [-0.2, 0) is 9.53 Å². The lowest BCUT2D eigenvalue weighted by molar-refractivity contribution is -0.152. The first kappa shape index (κ1) is 14.0. The number of aryl methyl sites for hydroxylation is 1. The minimum absolute atomic E-state index is 0.0506. The van der Waals surface area contributed by atoms with Crippen molar-refractivity contribution in [3.05, 3.63) is 29.3 Å². The first-order chi connectivity index (χ1) is 8.31. The Hall–Kier alpha value is -2.02. The molecule has 0 heterocycles. The molecular weight excluding hydrogens is 228 g/mol. The molecule has 1 rings (SSSR count). The van der Waals surface area contributed by atoms with Crippen molar-refractivity contribution in [3.8, 4) is 6.07 Å². The molecule has 1 aromatic rings. The van der Waals surface area contributed by atoms with Crippen LogP contribution in [0.25, 0.3) is 0 Å². The van der Waals surface area contributed by atoms with Gasteiger partial charge in [0, 0.05) is 0 Å². The molecule has 0 spiro atoms. The van der Waals surface area contributed by atoms with E-state index in [4.69, 9.17) is 10.00 Å². The van der Waals surface area contributed by atoms with Gasteiger partial charge in [-0.3, -0.25) is 4.79 Å². The predicted octanol–water partition coefficient (Wildman–Crippen LogP) is 2.62. The average Bonchev–Trinajstić information content (AvgIpc) is 2.24. The number of carbonyl (C=O) groups excluding carboxylic acids is 1. The lowest BCUT2D eigenvalue weighted by Gasteiger charge is -2.19. The summed E-state index contributed by atoms with van der Waals surface area (Å²) in [6.07, 6.45) is 0. The number of benzene rings is 1. The zero-order valence-corrected chi connectivity index (χ0v) is 11.2. The number of carbonyl (C=O) groups is 1. The molecule has 0 atom stereocenters. The third kappa shape index (κ3) is 4.46. The quantitative estimate of drug-likeness (QED) is 0.833. The van der Waals surface area contributed by atoms with Crippen LogP contribution in [0.3, 0.4) is 0 Å². The molecule has 4 heteroatoms. The fourth-order valence-electron chi connectivity index (χ4n) is 1.45. The normalized spacial score (nSPS) is 10.6. The van der Waals surface area contributed by atoms with E-state index in [-0.39, 0.29) is 12.5 Å². The molecule has 0 aliphatic carbocycles. The second kappa shape index (κ2) is 5.54. The molecule has 0 amide bonds. The van der Waals surface area contributed by atoms with Gasteiger partial charge in [-0.25, -0.2) is 0 Å². The van der Waals surface area contributed by atoms with Gasteiger partial charge in [0.15, 0.2) is 0 Å². The molecule has 0 saturated carbocycles. The van der Waals surface area contributed by atoms with E-state index in [1.54, 1.807) is 12.1 Å². The zero-order valence-electron chi connectivity index (χ0n) is 11.2. The Kier molecular flexibility index (Phi) is 4.33. The summed E-state index contributed by atoms with van der Waals surface area (Å²) in [6.45, 7) is 7.42. The summed E-state index contributed by atoms with van der Waals surface area (Å²) in [4.78, 5) is 11.5. The van der Waals surface area contributed by atoms with E-state index in [2.05, 4.69) is 11.4 Å². The standard InChI is InChI=1S/C14H18N2O2/c1-10-5-6-12(11(7-10)8-15)16-9-13(17)18-14(2,3)4/h5-7,16H,9H2,1-4H3. The largest absolute Gasteiger partial charge is 0.459 e. The smallest absolute Gasteiger partial charge is 0.325 e. The monoisotopic (exact) mass is 246 g/mol. The number of anilines is 1. The molecule has 0 saturated heterocycles. The highest BCUT2D eigenvalue weighted by Crippen LogP contribution is 2.16. The lowest BCUT2D eigenvalue weighted by Crippen LogP contribution is -2.28. The number of ether oxygens (including phenoxy) is 1. The van der Waals surface area contributed by atoms with Crippen LogP contribution in [-0.4, -0.2) is 18.1 Å². The number of hydrogen-bond donors (Lipinski definition) is 1. The molecule has 1 N–H and O–H groups in total. The summed E-state index contributed by atoms with van der Waals surface area (Å²) in [5.41, 5.74) is 1.69. The molecule has 4 nitrogen and oxygen atoms in total. The molecular formula is C14H18N2O2. The fourth-order valence-corrected chi connectivity index (χ4v) is 1.45. The number of nitrogens with one attached hydrogen (secondary N) is 1. The van der Waals surface area contributed by atoms with Crippen molar-refractivity contribution in [2.24, 2.45) is 0 Å². The Bertz CT molecular complexity index is 482. The fraction of sp³-hybridized carbons (Fsp3) is 0.429. The average molecular weight is 246 g/mol. The minimum Gasteiger partial charge on any atom is -0.459 e. The summed E-state index contributed by atoms with van der Waals surface area (Å²) in [5, 5.41) is 11.9. The Morgan fingerprint density at radius 1 is 1.44 bits per heavy atom. The van der Waals surface area contributed by atoms with Crippen molar-refractivity contribution in [1.29, 1.82) is 5.26 Å². The van der Waals surface area contributed by atoms with E-state index in [1.807, 2.05) is 33.8 Å². The number of nitrogens with zero attached hydrogens (tertiary/aromatic N) is 1. The predicted molar refractivity (Wildman–Crippen MR) is 70.2 cm³/mol. The van der Waals surface area contributed by atoms with Crippen LogP contribution < -0.4 is 5.32 Å². The third-order valence-corrected chi connectivity index (χ3v) is 2.14. The van der Waals surface area contributed by atoms with E-state index < -0.39 is 5.60 Å². The maximum absolute atomic E-state index is 11.5. The van der Waals surface area contributed by atoms with Crippen molar-refractivity contribution < 1.29 is 9.53 Å². The van der Waals surface area contributed by atoms with Crippen molar-refractivity contribution in [2.75, 3.05) is 11.9 Å². The Balaban J connectivity index is 2.65. The van der Waals surface area contributed by atoms with E-state index in [1.165, 1.54) is 0 Å². The Morgan fingerprint density at radius 2 is 2.11 bits per heavy atom. The van der Waals surface area contributed by atoms with E-state index in [0.717, 1.165) is 5.56 Å². The summed E-state index contributed by atoms with van der Waals surface area (Å²) < 4.78 is 5.17. The van der Waals surface area contributed by atoms with Gasteiger partial charge in [0.25, 0.3) is 0 Å². The molecule has 0 aromatic heterocycles. The molecule has 0 aliphatic heterocycles. The van der Waals surface area contributed by atoms with Gasteiger partial charge in [-0.1, -0.05) is 6.07 Å². The summed E-state index contributed by atoms with van der Waals surface area (Å²) >= 11 is 0. The van der Waals surface area contributed by atoms with Gasteiger partial charge >= 0.3 is 5.97 Å². The topological polar surface area (TPSA) is 62.1 Å². The van der Waals surface area contributed by atoms with Crippen LogP contribution in [0.2, 0.25) is 0 Å². The number of nitriles is 1. The van der Waals surface area contributed by atoms with E-state index >= 15 is 0 Å². The first-order valence-corrected chi connectivity index (χ1v) is 5.78. The number of hydrogen-bond acceptors (Lipinski definition) is 4. The van der Waals surface area contributed by atoms with E-state index in [9.17, 15) is 4.79 Å². The summed E-state index contributed by atoms with van der Waals surface area (Å²) in [6, 6.07) is 7.55. The van der Waals surface area contributed by atoms with Gasteiger partial charge in [0.05, 0.1) is 11.3 Å². The minimum atomic E-state index is -0.496. The second-order valence-corrected chi connectivity index (χ2v) is 5.10. The van der Waals surface area contributed by atoms with Crippen LogP contribution >= 0.6 is 0 Å². The van der Waals surface area contributed by atoms with Crippen LogP contribution in [0, 0.1) is 18.3 Å². The highest BCUT2D eigenvalue weighted by atomic mass is 16.6. The third-order valence-electron chi connectivity index (χ3n) is 2.14. The van der Waals surface area contributed by atoms with Gasteiger partial charge in [0.1, 0.15) is 18.2 Å². The van der Waals surface area contributed by atoms with Gasteiger partial charge in [-0.2, -0.15) is 5.26 Å². The van der Waals surface area contributed by atoms with Crippen LogP contribution in [0.1, 0.15) is 31.9 Å². The van der Waals surface area contributed by atoms with Crippen molar-refractivity contribution in [1.82, 2.24) is 0 Å². The van der Waals surface area contributed by atoms with Crippen LogP contribution in [0.4, 0.5) is 5.69 Å². The lowest BCUT2D eigenvalue weighted by atomic mass is 10.1. The van der Waals surface area contributed by atoms with Crippen molar-refractivity contribution in [2.45, 2.75) is 33.3 Å². The van der Waals surface area contributed by atoms with Gasteiger partial charge in [0.2, 0.25) is 0 Å². The number of esters is 1. The van der Waals surface area contributed by atoms with Gasteiger partial charge in [-0.05, 0) is 45.4 Å². The van der Waals surface area contributed by atoms with Crippen LogP contribution in [0.5, 0.6) is 0 Å². The molecule has 0 unspecified atom stereocenters. The maximum atomic E-state index is 11.5. The second-order valence-electron chi connectivity index (χ2n) is 5.10. The van der Waals surface area contributed by atoms with Crippen molar-refractivity contribution in [3.63, 3.8) is 0 Å². The molecule has 0 aliphatic rings. The zero-order chi connectivity index (χ0) is 13.8. The van der Waals surface area contributed by atoms with Gasteiger partial charge in [-0.15, -0.1) is 0 Å².